The van der Waals surface area contributed by atoms with Crippen LogP contribution in [-0.4, -0.2) is 39.1 Å². The van der Waals surface area contributed by atoms with Crippen LogP contribution in [0.25, 0.3) is 5.65 Å². The largest absolute Gasteiger partial charge is 0.374 e. The number of aromatic nitrogens is 2. The maximum Gasteiger partial charge on any atom is 0.137 e. The molecule has 2 unspecified atom stereocenters. The van der Waals surface area contributed by atoms with E-state index in [0.29, 0.717) is 6.04 Å². The van der Waals surface area contributed by atoms with Crippen molar-refractivity contribution in [2.24, 2.45) is 0 Å². The molecule has 0 aliphatic carbocycles. The summed E-state index contributed by atoms with van der Waals surface area (Å²) in [5, 5.41) is 3.76. The van der Waals surface area contributed by atoms with E-state index in [1.807, 2.05) is 17.8 Å². The Labute approximate surface area is 135 Å². The molecule has 2 aliphatic heterocycles. The van der Waals surface area contributed by atoms with Gasteiger partial charge in [-0.05, 0) is 44.1 Å². The van der Waals surface area contributed by atoms with Crippen molar-refractivity contribution >= 4 is 17.4 Å². The number of hydrogen-bond acceptors (Lipinski definition) is 4. The minimum Gasteiger partial charge on any atom is -0.374 e. The molecule has 0 saturated carbocycles. The average molecular weight is 317 g/mol. The summed E-state index contributed by atoms with van der Waals surface area (Å²) in [5.41, 5.74) is 3.58. The number of nitrogens with zero attached hydrogens (tertiary/aromatic N) is 2. The fourth-order valence-electron chi connectivity index (χ4n) is 3.68. The lowest BCUT2D eigenvalue weighted by atomic mass is 9.90. The molecule has 118 valence electrons. The second kappa shape index (κ2) is 5.87. The van der Waals surface area contributed by atoms with Crippen molar-refractivity contribution in [3.63, 3.8) is 0 Å². The van der Waals surface area contributed by atoms with Crippen LogP contribution in [0.2, 0.25) is 0 Å². The number of rotatable bonds is 3. The van der Waals surface area contributed by atoms with Crippen molar-refractivity contribution in [2.45, 2.75) is 44.4 Å². The summed E-state index contributed by atoms with van der Waals surface area (Å²) < 4.78 is 8.31. The first-order valence-electron chi connectivity index (χ1n) is 8.13. The van der Waals surface area contributed by atoms with Gasteiger partial charge >= 0.3 is 0 Å². The molecule has 2 fully saturated rings. The van der Waals surface area contributed by atoms with Gasteiger partial charge in [-0.2, -0.15) is 11.8 Å². The standard InChI is InChI=1S/C17H23N3OS/c1-13-15(20-7-3-2-4-16(20)19-13)11-18-14-5-8-21-17(10-14)6-9-22-12-17/h2-4,7,14,18H,5-6,8-12H2,1H3. The third-order valence-electron chi connectivity index (χ3n) is 4.95. The third kappa shape index (κ3) is 2.66. The molecule has 0 aromatic carbocycles. The van der Waals surface area contributed by atoms with E-state index in [-0.39, 0.29) is 5.60 Å². The van der Waals surface area contributed by atoms with Crippen LogP contribution in [0.3, 0.4) is 0 Å². The van der Waals surface area contributed by atoms with E-state index >= 15 is 0 Å². The number of fused-ring (bicyclic) bond motifs is 1. The molecule has 22 heavy (non-hydrogen) atoms. The Morgan fingerprint density at radius 3 is 3.32 bits per heavy atom. The van der Waals surface area contributed by atoms with Gasteiger partial charge in [0.15, 0.2) is 0 Å². The number of nitrogens with one attached hydrogen (secondary N) is 1. The topological polar surface area (TPSA) is 38.6 Å². The van der Waals surface area contributed by atoms with Crippen molar-refractivity contribution in [1.29, 1.82) is 0 Å². The van der Waals surface area contributed by atoms with Gasteiger partial charge in [-0.25, -0.2) is 4.98 Å². The molecule has 2 aromatic heterocycles. The SMILES string of the molecule is Cc1nc2ccccn2c1CNC1CCOC2(CCSC2)C1. The lowest BCUT2D eigenvalue weighted by molar-refractivity contribution is -0.0703. The molecule has 2 saturated heterocycles. The molecular weight excluding hydrogens is 294 g/mol. The number of imidazole rings is 1. The van der Waals surface area contributed by atoms with Gasteiger partial charge in [0.25, 0.3) is 0 Å². The minimum atomic E-state index is 0.148. The summed E-state index contributed by atoms with van der Waals surface area (Å²) in [6.45, 7) is 3.87. The van der Waals surface area contributed by atoms with Gasteiger partial charge in [0.2, 0.25) is 0 Å². The molecule has 1 spiro atoms. The number of aryl methyl sites for hydroxylation is 1. The summed E-state index contributed by atoms with van der Waals surface area (Å²) in [6.07, 6.45) is 5.58. The van der Waals surface area contributed by atoms with Gasteiger partial charge in [0.1, 0.15) is 5.65 Å². The van der Waals surface area contributed by atoms with E-state index in [2.05, 4.69) is 40.0 Å². The Hall–Kier alpha value is -1.04. The maximum atomic E-state index is 6.11. The van der Waals surface area contributed by atoms with E-state index in [4.69, 9.17) is 4.74 Å². The Bertz CT molecular complexity index is 663. The molecule has 0 amide bonds. The van der Waals surface area contributed by atoms with Crippen LogP contribution in [-0.2, 0) is 11.3 Å². The first kappa shape index (κ1) is 14.5. The molecule has 4 nitrogen and oxygen atoms in total. The number of thioether (sulfide) groups is 1. The number of ether oxygens (including phenoxy) is 1. The molecule has 0 radical (unpaired) electrons. The van der Waals surface area contributed by atoms with Crippen molar-refractivity contribution in [1.82, 2.24) is 14.7 Å². The third-order valence-corrected chi connectivity index (χ3v) is 6.17. The molecule has 2 atom stereocenters. The zero-order valence-electron chi connectivity index (χ0n) is 13.0. The minimum absolute atomic E-state index is 0.148. The first-order chi connectivity index (χ1) is 10.8. The van der Waals surface area contributed by atoms with Gasteiger partial charge in [-0.15, -0.1) is 0 Å². The van der Waals surface area contributed by atoms with Gasteiger partial charge in [0.05, 0.1) is 17.0 Å². The van der Waals surface area contributed by atoms with Crippen molar-refractivity contribution in [3.05, 3.63) is 35.8 Å². The van der Waals surface area contributed by atoms with Crippen LogP contribution in [0, 0.1) is 6.92 Å². The Morgan fingerprint density at radius 1 is 1.50 bits per heavy atom. The molecule has 2 aliphatic rings. The van der Waals surface area contributed by atoms with Crippen LogP contribution in [0.15, 0.2) is 24.4 Å². The molecular formula is C17H23N3OS. The molecule has 0 bridgehead atoms. The maximum absolute atomic E-state index is 6.11. The van der Waals surface area contributed by atoms with Crippen molar-refractivity contribution in [3.8, 4) is 0 Å². The number of pyridine rings is 1. The second-order valence-corrected chi connectivity index (χ2v) is 7.58. The van der Waals surface area contributed by atoms with E-state index < -0.39 is 0 Å². The van der Waals surface area contributed by atoms with Crippen molar-refractivity contribution in [2.75, 3.05) is 18.1 Å². The molecule has 4 heterocycles. The zero-order valence-corrected chi connectivity index (χ0v) is 13.9. The predicted octanol–water partition coefficient (Wildman–Crippen LogP) is 2.79. The van der Waals surface area contributed by atoms with E-state index in [1.54, 1.807) is 0 Å². The molecule has 2 aromatic rings. The highest BCUT2D eigenvalue weighted by Crippen LogP contribution is 2.38. The monoisotopic (exact) mass is 317 g/mol. The van der Waals surface area contributed by atoms with E-state index in [9.17, 15) is 0 Å². The fraction of sp³-hybridized carbons (Fsp3) is 0.588. The average Bonchev–Trinajstić information content (AvgIpc) is 3.09. The van der Waals surface area contributed by atoms with Crippen LogP contribution in [0.4, 0.5) is 0 Å². The highest BCUT2D eigenvalue weighted by molar-refractivity contribution is 7.99. The Kier molecular flexibility index (Phi) is 3.88. The quantitative estimate of drug-likeness (QED) is 0.945. The highest BCUT2D eigenvalue weighted by atomic mass is 32.2. The molecule has 4 rings (SSSR count). The normalized spacial score (nSPS) is 28.7. The Morgan fingerprint density at radius 2 is 2.45 bits per heavy atom. The van der Waals surface area contributed by atoms with Crippen molar-refractivity contribution < 1.29 is 4.74 Å². The van der Waals surface area contributed by atoms with Gasteiger partial charge in [-0.1, -0.05) is 6.07 Å². The lowest BCUT2D eigenvalue weighted by Gasteiger charge is -2.38. The second-order valence-electron chi connectivity index (χ2n) is 6.48. The number of hydrogen-bond donors (Lipinski definition) is 1. The molecule has 1 N–H and O–H groups in total. The summed E-state index contributed by atoms with van der Waals surface area (Å²) in [4.78, 5) is 4.64. The summed E-state index contributed by atoms with van der Waals surface area (Å²) in [7, 11) is 0. The predicted molar refractivity (Wildman–Crippen MR) is 90.4 cm³/mol. The summed E-state index contributed by atoms with van der Waals surface area (Å²) in [5.74, 6) is 2.42. The van der Waals surface area contributed by atoms with E-state index in [1.165, 1.54) is 23.6 Å². The Balaban J connectivity index is 1.46. The zero-order chi connectivity index (χ0) is 15.0. The van der Waals surface area contributed by atoms with Gasteiger partial charge in [0, 0.05) is 31.1 Å². The first-order valence-corrected chi connectivity index (χ1v) is 9.29. The molecule has 5 heteroatoms. The van der Waals surface area contributed by atoms with E-state index in [0.717, 1.165) is 37.3 Å². The smallest absolute Gasteiger partial charge is 0.137 e. The van der Waals surface area contributed by atoms with Crippen LogP contribution < -0.4 is 5.32 Å². The van der Waals surface area contributed by atoms with Crippen LogP contribution in [0.1, 0.15) is 30.7 Å². The highest BCUT2D eigenvalue weighted by Gasteiger charge is 2.40. The van der Waals surface area contributed by atoms with Gasteiger partial charge in [-0.3, -0.25) is 0 Å². The summed E-state index contributed by atoms with van der Waals surface area (Å²) in [6, 6.07) is 6.73. The van der Waals surface area contributed by atoms with Crippen LogP contribution in [0.5, 0.6) is 0 Å². The lowest BCUT2D eigenvalue weighted by Crippen LogP contribution is -2.47. The van der Waals surface area contributed by atoms with Crippen LogP contribution >= 0.6 is 11.8 Å². The fourth-order valence-corrected chi connectivity index (χ4v) is 5.06. The summed E-state index contributed by atoms with van der Waals surface area (Å²) >= 11 is 2.03. The van der Waals surface area contributed by atoms with Gasteiger partial charge < -0.3 is 14.5 Å².